The fraction of sp³-hybridized carbons (Fsp3) is 0.348. The van der Waals surface area contributed by atoms with Gasteiger partial charge in [0.2, 0.25) is 17.5 Å². The SMILES string of the molecule is COc1cc(O)c2c(=O)c(OC3OC(OC)C(O)C(O)C3O)c(-c3ccc(O)c(OC)c3)oc2c1. The van der Waals surface area contributed by atoms with E-state index in [1.54, 1.807) is 0 Å². The highest BCUT2D eigenvalue weighted by Crippen LogP contribution is 2.39. The third kappa shape index (κ3) is 4.33. The Morgan fingerprint density at radius 2 is 1.57 bits per heavy atom. The van der Waals surface area contributed by atoms with Crippen molar-refractivity contribution in [2.24, 2.45) is 0 Å². The highest BCUT2D eigenvalue weighted by atomic mass is 16.8. The van der Waals surface area contributed by atoms with Crippen LogP contribution in [0.15, 0.2) is 39.5 Å². The number of rotatable bonds is 6. The molecule has 12 nitrogen and oxygen atoms in total. The Kier molecular flexibility index (Phi) is 6.74. The van der Waals surface area contributed by atoms with Gasteiger partial charge in [0.25, 0.3) is 0 Å². The number of aromatic hydroxyl groups is 2. The number of hydrogen-bond acceptors (Lipinski definition) is 12. The minimum atomic E-state index is -1.78. The van der Waals surface area contributed by atoms with Crippen LogP contribution in [0, 0.1) is 0 Å². The average molecular weight is 492 g/mol. The molecule has 1 aliphatic rings. The Balaban J connectivity index is 1.92. The number of methoxy groups -OCH3 is 3. The quantitative estimate of drug-likeness (QED) is 0.326. The molecule has 0 radical (unpaired) electrons. The van der Waals surface area contributed by atoms with Gasteiger partial charge in [-0.1, -0.05) is 0 Å². The van der Waals surface area contributed by atoms with Crippen LogP contribution in [0.4, 0.5) is 0 Å². The van der Waals surface area contributed by atoms with Gasteiger partial charge in [-0.3, -0.25) is 4.79 Å². The first kappa shape index (κ1) is 24.6. The van der Waals surface area contributed by atoms with Gasteiger partial charge in [-0.15, -0.1) is 0 Å². The summed E-state index contributed by atoms with van der Waals surface area (Å²) in [5, 5.41) is 50.8. The van der Waals surface area contributed by atoms with E-state index in [1.807, 2.05) is 0 Å². The summed E-state index contributed by atoms with van der Waals surface area (Å²) in [6.45, 7) is 0. The Morgan fingerprint density at radius 3 is 2.23 bits per heavy atom. The number of ether oxygens (including phenoxy) is 5. The minimum absolute atomic E-state index is 0.0448. The number of fused-ring (bicyclic) bond motifs is 1. The van der Waals surface area contributed by atoms with Crippen LogP contribution in [0.25, 0.3) is 22.3 Å². The van der Waals surface area contributed by atoms with Crippen LogP contribution in [0.1, 0.15) is 0 Å². The maximum absolute atomic E-state index is 13.5. The van der Waals surface area contributed by atoms with E-state index in [4.69, 9.17) is 28.1 Å². The number of phenols is 2. The zero-order chi connectivity index (χ0) is 25.4. The molecule has 5 N–H and O–H groups in total. The largest absolute Gasteiger partial charge is 0.507 e. The van der Waals surface area contributed by atoms with Gasteiger partial charge >= 0.3 is 0 Å². The molecule has 1 fully saturated rings. The molecule has 1 aliphatic heterocycles. The highest BCUT2D eigenvalue weighted by Gasteiger charge is 2.46. The molecule has 35 heavy (non-hydrogen) atoms. The normalized spacial score (nSPS) is 24.3. The first-order valence-corrected chi connectivity index (χ1v) is 10.3. The molecular formula is C23H24O12. The van der Waals surface area contributed by atoms with Gasteiger partial charge in [0.1, 0.15) is 40.8 Å². The summed E-state index contributed by atoms with van der Waals surface area (Å²) in [7, 11) is 3.91. The van der Waals surface area contributed by atoms with Crippen molar-refractivity contribution < 1.29 is 53.6 Å². The average Bonchev–Trinajstić information content (AvgIpc) is 2.85. The Hall–Kier alpha value is -3.55. The summed E-state index contributed by atoms with van der Waals surface area (Å²) < 4.78 is 32.2. The molecule has 5 atom stereocenters. The maximum atomic E-state index is 13.5. The summed E-state index contributed by atoms with van der Waals surface area (Å²) in [5.41, 5.74) is -0.652. The number of hydrogen-bond donors (Lipinski definition) is 5. The molecule has 3 aromatic rings. The zero-order valence-corrected chi connectivity index (χ0v) is 18.9. The Labute approximate surface area is 198 Å². The summed E-state index contributed by atoms with van der Waals surface area (Å²) >= 11 is 0. The smallest absolute Gasteiger partial charge is 0.239 e. The maximum Gasteiger partial charge on any atom is 0.239 e. The lowest BCUT2D eigenvalue weighted by molar-refractivity contribution is -0.327. The topological polar surface area (TPSA) is 178 Å². The van der Waals surface area contributed by atoms with E-state index >= 15 is 0 Å². The van der Waals surface area contributed by atoms with Gasteiger partial charge in [-0.2, -0.15) is 0 Å². The third-order valence-corrected chi connectivity index (χ3v) is 5.58. The molecule has 0 aliphatic carbocycles. The van der Waals surface area contributed by atoms with Crippen molar-refractivity contribution >= 4 is 11.0 Å². The van der Waals surface area contributed by atoms with Crippen molar-refractivity contribution in [3.63, 3.8) is 0 Å². The Morgan fingerprint density at radius 1 is 0.857 bits per heavy atom. The van der Waals surface area contributed by atoms with E-state index in [0.717, 1.165) is 0 Å². The number of aliphatic hydroxyl groups is 3. The molecule has 0 bridgehead atoms. The molecule has 2 aromatic carbocycles. The van der Waals surface area contributed by atoms with Crippen molar-refractivity contribution in [1.29, 1.82) is 0 Å². The molecule has 4 rings (SSSR count). The van der Waals surface area contributed by atoms with E-state index < -0.39 is 47.8 Å². The lowest BCUT2D eigenvalue weighted by atomic mass is 10.0. The number of benzene rings is 2. The number of phenolic OH excluding ortho intramolecular Hbond substituents is 2. The molecule has 1 aromatic heterocycles. The molecule has 5 unspecified atom stereocenters. The first-order chi connectivity index (χ1) is 16.7. The number of aliphatic hydroxyl groups excluding tert-OH is 3. The molecule has 0 spiro atoms. The van der Waals surface area contributed by atoms with E-state index in [2.05, 4.69) is 0 Å². The van der Waals surface area contributed by atoms with Gasteiger partial charge in [-0.05, 0) is 18.2 Å². The second kappa shape index (κ2) is 9.60. The summed E-state index contributed by atoms with van der Waals surface area (Å²) in [6, 6.07) is 6.69. The van der Waals surface area contributed by atoms with E-state index in [1.165, 1.54) is 51.7 Å². The molecule has 0 amide bonds. The monoisotopic (exact) mass is 492 g/mol. The second-order valence-electron chi connectivity index (χ2n) is 7.69. The molecular weight excluding hydrogens is 468 g/mol. The lowest BCUT2D eigenvalue weighted by Crippen LogP contribution is -2.59. The van der Waals surface area contributed by atoms with Crippen LogP contribution < -0.4 is 19.6 Å². The van der Waals surface area contributed by atoms with Crippen LogP contribution in [-0.4, -0.2) is 77.8 Å². The van der Waals surface area contributed by atoms with Crippen molar-refractivity contribution in [1.82, 2.24) is 0 Å². The van der Waals surface area contributed by atoms with Crippen LogP contribution in [0.3, 0.4) is 0 Å². The summed E-state index contributed by atoms with van der Waals surface area (Å²) in [4.78, 5) is 13.5. The fourth-order valence-corrected chi connectivity index (χ4v) is 3.72. The van der Waals surface area contributed by atoms with E-state index in [-0.39, 0.29) is 39.5 Å². The molecule has 1 saturated heterocycles. The van der Waals surface area contributed by atoms with Crippen LogP contribution in [-0.2, 0) is 9.47 Å². The predicted molar refractivity (Wildman–Crippen MR) is 119 cm³/mol. The van der Waals surface area contributed by atoms with Gasteiger partial charge in [0.15, 0.2) is 23.5 Å². The Bertz CT molecular complexity index is 1280. The predicted octanol–water partition coefficient (Wildman–Crippen LogP) is 0.679. The fourth-order valence-electron chi connectivity index (χ4n) is 3.72. The standard InChI is InChI=1S/C23H24O12/c1-30-10-7-12(25)15-14(8-10)33-20(9-4-5-11(24)13(6-9)31-2)21(16(15)26)34-23-19(29)17(27)18(28)22(32-3)35-23/h4-8,17-19,22-25,27-29H,1-3H3. The van der Waals surface area contributed by atoms with Crippen molar-refractivity contribution in [3.05, 3.63) is 40.6 Å². The minimum Gasteiger partial charge on any atom is -0.507 e. The van der Waals surface area contributed by atoms with Crippen molar-refractivity contribution in [2.45, 2.75) is 30.9 Å². The van der Waals surface area contributed by atoms with E-state index in [9.17, 15) is 30.3 Å². The molecule has 2 heterocycles. The van der Waals surface area contributed by atoms with Crippen LogP contribution in [0.5, 0.6) is 28.7 Å². The highest BCUT2D eigenvalue weighted by molar-refractivity contribution is 5.88. The molecule has 188 valence electrons. The molecule has 12 heteroatoms. The van der Waals surface area contributed by atoms with Gasteiger partial charge in [-0.25, -0.2) is 0 Å². The van der Waals surface area contributed by atoms with Crippen LogP contribution in [0.2, 0.25) is 0 Å². The van der Waals surface area contributed by atoms with Gasteiger partial charge in [0.05, 0.1) is 14.2 Å². The van der Waals surface area contributed by atoms with E-state index in [0.29, 0.717) is 0 Å². The lowest BCUT2D eigenvalue weighted by Gasteiger charge is -2.39. The second-order valence-corrected chi connectivity index (χ2v) is 7.69. The first-order valence-electron chi connectivity index (χ1n) is 10.3. The van der Waals surface area contributed by atoms with Crippen molar-refractivity contribution in [2.75, 3.05) is 21.3 Å². The van der Waals surface area contributed by atoms with Gasteiger partial charge in [0, 0.05) is 24.8 Å². The summed E-state index contributed by atoms with van der Waals surface area (Å²) in [5.74, 6) is -1.01. The van der Waals surface area contributed by atoms with Crippen molar-refractivity contribution in [3.8, 4) is 40.1 Å². The third-order valence-electron chi connectivity index (χ3n) is 5.58. The van der Waals surface area contributed by atoms with Gasteiger partial charge < -0.3 is 53.6 Å². The zero-order valence-electron chi connectivity index (χ0n) is 18.9. The molecule has 0 saturated carbocycles. The summed E-state index contributed by atoms with van der Waals surface area (Å²) in [6.07, 6.45) is -8.13. The van der Waals surface area contributed by atoms with Crippen LogP contribution >= 0.6 is 0 Å².